The Morgan fingerprint density at radius 3 is 2.83 bits per heavy atom. The highest BCUT2D eigenvalue weighted by atomic mass is 16.2. The van der Waals surface area contributed by atoms with Crippen molar-refractivity contribution in [2.24, 2.45) is 0 Å². The molecule has 2 rings (SSSR count). The number of pyridine rings is 1. The average molecular weight is 245 g/mol. The minimum Gasteiger partial charge on any atom is -0.396 e. The molecule has 1 amide bonds. The van der Waals surface area contributed by atoms with Gasteiger partial charge in [0, 0.05) is 11.9 Å². The summed E-state index contributed by atoms with van der Waals surface area (Å²) in [6.07, 6.45) is 3.12. The summed E-state index contributed by atoms with van der Waals surface area (Å²) < 4.78 is 1.49. The predicted octanol–water partition coefficient (Wildman–Crippen LogP) is 1.12. The lowest BCUT2D eigenvalue weighted by molar-refractivity contribution is -0.116. The number of carbonyl (C=O) groups is 1. The van der Waals surface area contributed by atoms with E-state index < -0.39 is 0 Å². The fourth-order valence-corrected chi connectivity index (χ4v) is 1.62. The molecular formula is C12H15N5O. The molecule has 2 aromatic heterocycles. The van der Waals surface area contributed by atoms with Crippen LogP contribution in [0.4, 0.5) is 11.4 Å². The van der Waals surface area contributed by atoms with Crippen LogP contribution in [0, 0.1) is 13.8 Å². The van der Waals surface area contributed by atoms with E-state index in [2.05, 4.69) is 15.4 Å². The highest BCUT2D eigenvalue weighted by Gasteiger charge is 2.07. The number of aryl methyl sites for hydroxylation is 2. The monoisotopic (exact) mass is 245 g/mol. The Labute approximate surface area is 105 Å². The maximum atomic E-state index is 11.8. The molecular weight excluding hydrogens is 230 g/mol. The summed E-state index contributed by atoms with van der Waals surface area (Å²) in [6, 6.07) is 3.70. The zero-order valence-electron chi connectivity index (χ0n) is 10.3. The average Bonchev–Trinajstić information content (AvgIpc) is 2.68. The minimum atomic E-state index is -0.160. The molecule has 2 aromatic rings. The lowest BCUT2D eigenvalue weighted by Gasteiger charge is -2.08. The van der Waals surface area contributed by atoms with Crippen molar-refractivity contribution in [3.63, 3.8) is 0 Å². The number of anilines is 2. The smallest absolute Gasteiger partial charge is 0.246 e. The van der Waals surface area contributed by atoms with Crippen molar-refractivity contribution >= 4 is 17.3 Å². The Morgan fingerprint density at radius 2 is 2.22 bits per heavy atom. The maximum Gasteiger partial charge on any atom is 0.246 e. The van der Waals surface area contributed by atoms with Crippen molar-refractivity contribution in [1.29, 1.82) is 0 Å². The molecule has 0 saturated carbocycles. The Hall–Kier alpha value is -2.37. The summed E-state index contributed by atoms with van der Waals surface area (Å²) in [7, 11) is 0. The molecule has 0 unspecified atom stereocenters. The Balaban J connectivity index is 2.03. The molecule has 0 bridgehead atoms. The fourth-order valence-electron chi connectivity index (χ4n) is 1.62. The van der Waals surface area contributed by atoms with Gasteiger partial charge in [-0.15, -0.1) is 0 Å². The summed E-state index contributed by atoms with van der Waals surface area (Å²) in [5, 5.41) is 6.74. The van der Waals surface area contributed by atoms with Gasteiger partial charge >= 0.3 is 0 Å². The lowest BCUT2D eigenvalue weighted by atomic mass is 10.2. The zero-order valence-corrected chi connectivity index (χ0v) is 10.3. The van der Waals surface area contributed by atoms with Gasteiger partial charge in [0.05, 0.1) is 23.3 Å². The van der Waals surface area contributed by atoms with Gasteiger partial charge in [-0.3, -0.25) is 14.5 Å². The van der Waals surface area contributed by atoms with E-state index in [1.165, 1.54) is 10.9 Å². The Kier molecular flexibility index (Phi) is 3.27. The van der Waals surface area contributed by atoms with Crippen LogP contribution in [0.25, 0.3) is 0 Å². The third-order valence-corrected chi connectivity index (χ3v) is 2.46. The molecule has 94 valence electrons. The first-order valence-electron chi connectivity index (χ1n) is 5.56. The van der Waals surface area contributed by atoms with E-state index in [-0.39, 0.29) is 12.5 Å². The van der Waals surface area contributed by atoms with Crippen molar-refractivity contribution < 1.29 is 4.79 Å². The Bertz CT molecular complexity index is 576. The number of aromatic nitrogens is 3. The van der Waals surface area contributed by atoms with E-state index in [9.17, 15) is 4.79 Å². The third-order valence-electron chi connectivity index (χ3n) is 2.46. The third kappa shape index (κ3) is 2.85. The summed E-state index contributed by atoms with van der Waals surface area (Å²) in [6.45, 7) is 3.89. The van der Waals surface area contributed by atoms with E-state index in [0.29, 0.717) is 11.4 Å². The van der Waals surface area contributed by atoms with E-state index >= 15 is 0 Å². The minimum absolute atomic E-state index is 0.129. The van der Waals surface area contributed by atoms with Crippen molar-refractivity contribution in [1.82, 2.24) is 14.8 Å². The number of nitrogens with two attached hydrogens (primary N) is 1. The maximum absolute atomic E-state index is 11.8. The zero-order chi connectivity index (χ0) is 13.1. The van der Waals surface area contributed by atoms with Crippen LogP contribution < -0.4 is 11.1 Å². The first-order chi connectivity index (χ1) is 8.54. The van der Waals surface area contributed by atoms with Crippen LogP contribution in [0.15, 0.2) is 24.5 Å². The van der Waals surface area contributed by atoms with Crippen LogP contribution in [0.1, 0.15) is 11.4 Å². The van der Waals surface area contributed by atoms with Crippen LogP contribution in [0.3, 0.4) is 0 Å². The van der Waals surface area contributed by atoms with Gasteiger partial charge in [0.2, 0.25) is 5.91 Å². The van der Waals surface area contributed by atoms with Gasteiger partial charge in [0.25, 0.3) is 0 Å². The largest absolute Gasteiger partial charge is 0.396 e. The van der Waals surface area contributed by atoms with Gasteiger partial charge in [-0.25, -0.2) is 0 Å². The summed E-state index contributed by atoms with van der Waals surface area (Å²) in [5.41, 5.74) is 8.49. The molecule has 0 spiro atoms. The quantitative estimate of drug-likeness (QED) is 0.848. The van der Waals surface area contributed by atoms with Crippen LogP contribution >= 0.6 is 0 Å². The number of rotatable bonds is 3. The second kappa shape index (κ2) is 4.87. The van der Waals surface area contributed by atoms with Gasteiger partial charge in [0.15, 0.2) is 0 Å². The number of nitrogen functional groups attached to an aromatic ring is 1. The van der Waals surface area contributed by atoms with Crippen LogP contribution in [-0.2, 0) is 11.3 Å². The van der Waals surface area contributed by atoms with Crippen LogP contribution in [-0.4, -0.2) is 20.7 Å². The van der Waals surface area contributed by atoms with Gasteiger partial charge in [-0.05, 0) is 26.0 Å². The second-order valence-corrected chi connectivity index (χ2v) is 4.11. The van der Waals surface area contributed by atoms with E-state index in [4.69, 9.17) is 5.73 Å². The molecule has 0 fully saturated rings. The van der Waals surface area contributed by atoms with Crippen molar-refractivity contribution in [3.8, 4) is 0 Å². The molecule has 0 aromatic carbocycles. The number of carbonyl (C=O) groups excluding carboxylic acids is 1. The van der Waals surface area contributed by atoms with Gasteiger partial charge < -0.3 is 11.1 Å². The predicted molar refractivity (Wildman–Crippen MR) is 69.0 cm³/mol. The Morgan fingerprint density at radius 1 is 1.44 bits per heavy atom. The molecule has 2 heterocycles. The lowest BCUT2D eigenvalue weighted by Crippen LogP contribution is -2.19. The highest BCUT2D eigenvalue weighted by Crippen LogP contribution is 2.12. The molecule has 0 saturated heterocycles. The standard InChI is InChI=1S/C12H15N5O/c1-8-3-4-11(9(2)15-8)16-12(18)7-17-6-10(13)5-14-17/h3-6H,7,13H2,1-2H3,(H,16,18). The first-order valence-corrected chi connectivity index (χ1v) is 5.56. The number of hydrogen-bond acceptors (Lipinski definition) is 4. The van der Waals surface area contributed by atoms with Crippen molar-refractivity contribution in [3.05, 3.63) is 35.9 Å². The molecule has 0 aliphatic heterocycles. The molecule has 3 N–H and O–H groups in total. The summed E-state index contributed by atoms with van der Waals surface area (Å²) >= 11 is 0. The van der Waals surface area contributed by atoms with Gasteiger partial charge in [-0.1, -0.05) is 0 Å². The topological polar surface area (TPSA) is 85.8 Å². The molecule has 0 aliphatic rings. The number of nitrogens with zero attached hydrogens (tertiary/aromatic N) is 3. The van der Waals surface area contributed by atoms with E-state index in [0.717, 1.165) is 11.4 Å². The normalized spacial score (nSPS) is 10.3. The van der Waals surface area contributed by atoms with E-state index in [1.807, 2.05) is 26.0 Å². The SMILES string of the molecule is Cc1ccc(NC(=O)Cn2cc(N)cn2)c(C)n1. The molecule has 0 aliphatic carbocycles. The number of nitrogens with one attached hydrogen (secondary N) is 1. The molecule has 6 nitrogen and oxygen atoms in total. The first kappa shape index (κ1) is 12.1. The molecule has 0 atom stereocenters. The summed E-state index contributed by atoms with van der Waals surface area (Å²) in [5.74, 6) is -0.160. The van der Waals surface area contributed by atoms with E-state index in [1.54, 1.807) is 6.20 Å². The van der Waals surface area contributed by atoms with Gasteiger partial charge in [0.1, 0.15) is 6.54 Å². The van der Waals surface area contributed by atoms with Crippen molar-refractivity contribution in [2.45, 2.75) is 20.4 Å². The fraction of sp³-hybridized carbons (Fsp3) is 0.250. The molecule has 18 heavy (non-hydrogen) atoms. The van der Waals surface area contributed by atoms with Crippen LogP contribution in [0.2, 0.25) is 0 Å². The van der Waals surface area contributed by atoms with Gasteiger partial charge in [-0.2, -0.15) is 5.10 Å². The molecule has 6 heteroatoms. The molecule has 0 radical (unpaired) electrons. The number of amides is 1. The summed E-state index contributed by atoms with van der Waals surface area (Å²) in [4.78, 5) is 16.1. The second-order valence-electron chi connectivity index (χ2n) is 4.11. The van der Waals surface area contributed by atoms with Crippen molar-refractivity contribution in [2.75, 3.05) is 11.1 Å². The van der Waals surface area contributed by atoms with Crippen LogP contribution in [0.5, 0.6) is 0 Å². The highest BCUT2D eigenvalue weighted by molar-refractivity contribution is 5.91. The number of hydrogen-bond donors (Lipinski definition) is 2.